The minimum absolute atomic E-state index is 0.0377. The minimum Gasteiger partial charge on any atom is -0.399 e. The second-order valence-corrected chi connectivity index (χ2v) is 20.2. The first kappa shape index (κ1) is 48.1. The molecule has 0 unspecified atom stereocenters. The quantitative estimate of drug-likeness (QED) is 0.132. The lowest BCUT2D eigenvalue weighted by Gasteiger charge is -2.32. The van der Waals surface area contributed by atoms with Crippen LogP contribution in [0.3, 0.4) is 0 Å². The Morgan fingerprint density at radius 1 is 0.721 bits per heavy atom. The SMILES string of the molecule is CC1(C)C(=O)Cc2cc(CC(=O)Cc3ccc(B4OC(C)(C)C(C)(C)O4)cc3)ccc21.CC1(C)C(=O)Nc2cc(CC(=O)Cc3ccc(-c4nc(C#N)c(F)c(N5CCOCC5)n4)cc3)ccc21. The van der Waals surface area contributed by atoms with E-state index in [2.05, 4.69) is 15.3 Å². The number of morpholine rings is 1. The molecule has 4 aliphatic rings. The fourth-order valence-corrected chi connectivity index (χ4v) is 9.01. The molecule has 350 valence electrons. The van der Waals surface area contributed by atoms with E-state index in [4.69, 9.17) is 14.0 Å². The number of rotatable bonds is 11. The number of ketones is 3. The van der Waals surface area contributed by atoms with Crippen LogP contribution in [0.2, 0.25) is 0 Å². The number of nitrogens with zero attached hydrogens (tertiary/aromatic N) is 4. The van der Waals surface area contributed by atoms with E-state index in [1.54, 1.807) is 17.0 Å². The van der Waals surface area contributed by atoms with Gasteiger partial charge in [0.25, 0.3) is 0 Å². The van der Waals surface area contributed by atoms with Crippen molar-refractivity contribution in [2.75, 3.05) is 36.5 Å². The van der Waals surface area contributed by atoms with Crippen LogP contribution in [0.4, 0.5) is 15.9 Å². The van der Waals surface area contributed by atoms with Gasteiger partial charge in [0.2, 0.25) is 11.7 Å². The molecule has 12 nitrogen and oxygen atoms in total. The molecule has 4 aromatic carbocycles. The predicted octanol–water partition coefficient (Wildman–Crippen LogP) is 7.32. The van der Waals surface area contributed by atoms with Gasteiger partial charge in [-0.05, 0) is 106 Å². The second-order valence-electron chi connectivity index (χ2n) is 20.2. The van der Waals surface area contributed by atoms with E-state index in [0.29, 0.717) is 51.1 Å². The minimum atomic E-state index is -0.731. The molecule has 5 aromatic rings. The summed E-state index contributed by atoms with van der Waals surface area (Å²) in [6.07, 6.45) is 1.71. The number of fused-ring (bicyclic) bond motifs is 2. The van der Waals surface area contributed by atoms with Gasteiger partial charge < -0.3 is 24.3 Å². The average molecular weight is 918 g/mol. The topological polar surface area (TPSA) is 161 Å². The van der Waals surface area contributed by atoms with Gasteiger partial charge in [-0.15, -0.1) is 0 Å². The van der Waals surface area contributed by atoms with E-state index in [1.165, 1.54) is 0 Å². The molecular weight excluding hydrogens is 860 g/mol. The van der Waals surface area contributed by atoms with Crippen molar-refractivity contribution in [3.8, 4) is 17.5 Å². The maximum absolute atomic E-state index is 14.8. The first-order chi connectivity index (χ1) is 32.1. The van der Waals surface area contributed by atoms with Gasteiger partial charge in [0, 0.05) is 61.9 Å². The number of Topliss-reactive ketones (excluding diaryl/α,β-unsaturated/α-hetero) is 3. The Labute approximate surface area is 397 Å². The van der Waals surface area contributed by atoms with Gasteiger partial charge >= 0.3 is 7.12 Å². The monoisotopic (exact) mass is 917 g/mol. The number of nitriles is 1. The summed E-state index contributed by atoms with van der Waals surface area (Å²) in [6.45, 7) is 17.7. The van der Waals surface area contributed by atoms with E-state index in [1.807, 2.05) is 134 Å². The van der Waals surface area contributed by atoms with Crippen molar-refractivity contribution in [1.82, 2.24) is 9.97 Å². The molecule has 68 heavy (non-hydrogen) atoms. The van der Waals surface area contributed by atoms with Crippen molar-refractivity contribution in [3.63, 3.8) is 0 Å². The van der Waals surface area contributed by atoms with Gasteiger partial charge in [0.1, 0.15) is 23.4 Å². The molecule has 0 bridgehead atoms. The number of aromatic nitrogens is 2. The van der Waals surface area contributed by atoms with Crippen LogP contribution in [-0.2, 0) is 76.2 Å². The molecule has 1 aromatic heterocycles. The van der Waals surface area contributed by atoms with Crippen LogP contribution in [0.1, 0.15) is 100 Å². The number of ether oxygens (including phenoxy) is 1. The lowest BCUT2D eigenvalue weighted by molar-refractivity contribution is -0.122. The fourth-order valence-electron chi connectivity index (χ4n) is 9.01. The van der Waals surface area contributed by atoms with Crippen LogP contribution in [0.15, 0.2) is 84.9 Å². The summed E-state index contributed by atoms with van der Waals surface area (Å²) < 4.78 is 32.3. The van der Waals surface area contributed by atoms with Crippen molar-refractivity contribution in [2.24, 2.45) is 0 Å². The zero-order valence-corrected chi connectivity index (χ0v) is 40.0. The van der Waals surface area contributed by atoms with Crippen LogP contribution in [0, 0.1) is 17.1 Å². The number of benzene rings is 4. The number of hydrogen-bond acceptors (Lipinski definition) is 11. The van der Waals surface area contributed by atoms with Gasteiger partial charge in [-0.2, -0.15) is 9.65 Å². The van der Waals surface area contributed by atoms with Crippen molar-refractivity contribution in [2.45, 2.75) is 110 Å². The van der Waals surface area contributed by atoms with Crippen molar-refractivity contribution in [1.29, 1.82) is 5.26 Å². The normalized spacial score (nSPS) is 18.2. The molecule has 2 saturated heterocycles. The number of halogens is 1. The van der Waals surface area contributed by atoms with Crippen LogP contribution < -0.4 is 15.7 Å². The van der Waals surface area contributed by atoms with Gasteiger partial charge in [0.15, 0.2) is 17.3 Å². The summed E-state index contributed by atoms with van der Waals surface area (Å²) in [5, 5.41) is 12.3. The van der Waals surface area contributed by atoms with Gasteiger partial charge in [-0.25, -0.2) is 9.97 Å². The fraction of sp³-hybridized carbons (Fsp3) is 0.389. The second kappa shape index (κ2) is 18.6. The van der Waals surface area contributed by atoms with E-state index < -0.39 is 23.8 Å². The van der Waals surface area contributed by atoms with Crippen LogP contribution in [-0.4, -0.2) is 77.8 Å². The highest BCUT2D eigenvalue weighted by Crippen LogP contribution is 2.39. The molecule has 2 fully saturated rings. The van der Waals surface area contributed by atoms with Gasteiger partial charge in [-0.3, -0.25) is 19.2 Å². The number of nitrogens with one attached hydrogen (secondary N) is 1. The highest BCUT2D eigenvalue weighted by molar-refractivity contribution is 6.62. The Morgan fingerprint density at radius 2 is 1.25 bits per heavy atom. The summed E-state index contributed by atoms with van der Waals surface area (Å²) >= 11 is 0. The number of anilines is 2. The first-order valence-electron chi connectivity index (χ1n) is 23.1. The molecule has 0 spiro atoms. The number of carbonyl (C=O) groups excluding carboxylic acids is 4. The molecule has 9 rings (SSSR count). The standard InChI is InChI=1S/C28H26FN5O3.C26H31BO4/c1-28(2)21-8-5-18(15-22(21)32-27(28)36)14-20(35)13-17-3-6-19(7-4-17)25-31-23(16-30)24(29)26(33-25)34-9-11-37-12-10-34;1-24(2)22-12-9-18(13-19(22)16-23(24)29)15-21(28)14-17-7-10-20(11-8-17)27-30-25(3,4)26(5,6)31-27/h3-8,15H,9-14H2,1-2H3,(H,32,36);7-13H,14-16H2,1-6H3. The maximum Gasteiger partial charge on any atom is 0.494 e. The summed E-state index contributed by atoms with van der Waals surface area (Å²) in [7, 11) is -0.395. The van der Waals surface area contributed by atoms with Crippen LogP contribution >= 0.6 is 0 Å². The molecule has 1 amide bonds. The third kappa shape index (κ3) is 9.79. The number of amides is 1. The largest absolute Gasteiger partial charge is 0.494 e. The molecule has 4 heterocycles. The Kier molecular flexibility index (Phi) is 13.1. The number of carbonyl (C=O) groups is 4. The lowest BCUT2D eigenvalue weighted by atomic mass is 9.78. The van der Waals surface area contributed by atoms with Gasteiger partial charge in [-0.1, -0.05) is 78.9 Å². The third-order valence-corrected chi connectivity index (χ3v) is 14.0. The summed E-state index contributed by atoms with van der Waals surface area (Å²) in [5.41, 5.74) is 6.99. The maximum atomic E-state index is 14.8. The highest BCUT2D eigenvalue weighted by Gasteiger charge is 2.51. The van der Waals surface area contributed by atoms with E-state index >= 15 is 0 Å². The van der Waals surface area contributed by atoms with Crippen LogP contribution in [0.5, 0.6) is 0 Å². The lowest BCUT2D eigenvalue weighted by Crippen LogP contribution is -2.41. The molecule has 0 saturated carbocycles. The molecule has 1 N–H and O–H groups in total. The van der Waals surface area contributed by atoms with E-state index in [-0.39, 0.29) is 64.6 Å². The van der Waals surface area contributed by atoms with E-state index in [9.17, 15) is 28.8 Å². The van der Waals surface area contributed by atoms with Crippen LogP contribution in [0.25, 0.3) is 11.4 Å². The van der Waals surface area contributed by atoms with Gasteiger partial charge in [0.05, 0.1) is 29.8 Å². The van der Waals surface area contributed by atoms with Crippen molar-refractivity contribution in [3.05, 3.63) is 135 Å². The zero-order chi connectivity index (χ0) is 48.8. The molecule has 0 radical (unpaired) electrons. The summed E-state index contributed by atoms with van der Waals surface area (Å²) in [5.74, 6) is 0.00864. The molecule has 3 aliphatic heterocycles. The molecule has 0 atom stereocenters. The molecular formula is C54H57BFN5O7. The molecule has 1 aliphatic carbocycles. The van der Waals surface area contributed by atoms with Crippen molar-refractivity contribution >= 4 is 47.3 Å². The number of hydrogen-bond donors (Lipinski definition) is 1. The Hall–Kier alpha value is -6.40. The first-order valence-corrected chi connectivity index (χ1v) is 23.1. The Balaban J connectivity index is 0.000000187. The average Bonchev–Trinajstić information content (AvgIpc) is 3.77. The molecule has 14 heteroatoms. The third-order valence-electron chi connectivity index (χ3n) is 14.0. The Morgan fingerprint density at radius 3 is 1.84 bits per heavy atom. The predicted molar refractivity (Wildman–Crippen MR) is 258 cm³/mol. The smallest absolute Gasteiger partial charge is 0.399 e. The van der Waals surface area contributed by atoms with Crippen molar-refractivity contribution < 1.29 is 37.6 Å². The summed E-state index contributed by atoms with van der Waals surface area (Å²) in [4.78, 5) is 60.1. The Bertz CT molecular complexity index is 2830. The summed E-state index contributed by atoms with van der Waals surface area (Å²) in [6, 6.07) is 28.6. The van der Waals surface area contributed by atoms with E-state index in [0.717, 1.165) is 50.1 Å². The highest BCUT2D eigenvalue weighted by atomic mass is 19.1. The zero-order valence-electron chi connectivity index (χ0n) is 40.0.